The molecule has 1 saturated heterocycles. The quantitative estimate of drug-likeness (QED) is 0.719. The monoisotopic (exact) mass is 352 g/mol. The highest BCUT2D eigenvalue weighted by Gasteiger charge is 2.21. The van der Waals surface area contributed by atoms with Crippen molar-refractivity contribution in [3.63, 3.8) is 0 Å². The van der Waals surface area contributed by atoms with Crippen molar-refractivity contribution in [3.8, 4) is 5.75 Å². The Balaban J connectivity index is 1.37. The van der Waals surface area contributed by atoms with Gasteiger partial charge in [-0.15, -0.1) is 0 Å². The smallest absolute Gasteiger partial charge is 0.260 e. The van der Waals surface area contributed by atoms with Gasteiger partial charge in [0.05, 0.1) is 0 Å². The predicted molar refractivity (Wildman–Crippen MR) is 100 cm³/mol. The SMILES string of the molecule is O=C(CCN1CCN(C(=O)COc2ccccc2)CC1)c1ccccc1. The molecule has 0 unspecified atom stereocenters. The molecule has 5 nitrogen and oxygen atoms in total. The van der Waals surface area contributed by atoms with Crippen LogP contribution in [0.5, 0.6) is 5.75 Å². The first-order valence-corrected chi connectivity index (χ1v) is 8.98. The van der Waals surface area contributed by atoms with E-state index in [1.165, 1.54) is 0 Å². The molecule has 0 aromatic heterocycles. The number of amides is 1. The van der Waals surface area contributed by atoms with Crippen LogP contribution in [-0.2, 0) is 4.79 Å². The Morgan fingerprint density at radius 2 is 1.46 bits per heavy atom. The first-order chi connectivity index (χ1) is 12.7. The molecule has 1 fully saturated rings. The van der Waals surface area contributed by atoms with E-state index in [4.69, 9.17) is 4.74 Å². The number of benzene rings is 2. The van der Waals surface area contributed by atoms with Crippen molar-refractivity contribution < 1.29 is 14.3 Å². The van der Waals surface area contributed by atoms with E-state index in [2.05, 4.69) is 4.90 Å². The topological polar surface area (TPSA) is 49.9 Å². The molecule has 0 atom stereocenters. The lowest BCUT2D eigenvalue weighted by Gasteiger charge is -2.34. The number of rotatable bonds is 7. The third-order valence-electron chi connectivity index (χ3n) is 4.58. The van der Waals surface area contributed by atoms with Gasteiger partial charge in [-0.05, 0) is 12.1 Å². The number of carbonyl (C=O) groups excluding carboxylic acids is 2. The van der Waals surface area contributed by atoms with Crippen LogP contribution >= 0.6 is 0 Å². The molecule has 1 heterocycles. The Bertz CT molecular complexity index is 711. The second kappa shape index (κ2) is 9.15. The van der Waals surface area contributed by atoms with Gasteiger partial charge in [-0.2, -0.15) is 0 Å². The Morgan fingerprint density at radius 3 is 2.12 bits per heavy atom. The van der Waals surface area contributed by atoms with Gasteiger partial charge in [-0.3, -0.25) is 14.5 Å². The third-order valence-corrected chi connectivity index (χ3v) is 4.58. The van der Waals surface area contributed by atoms with Crippen molar-refractivity contribution in [2.45, 2.75) is 6.42 Å². The number of ketones is 1. The normalized spacial score (nSPS) is 14.8. The van der Waals surface area contributed by atoms with E-state index in [9.17, 15) is 9.59 Å². The molecule has 0 bridgehead atoms. The number of hydrogen-bond acceptors (Lipinski definition) is 4. The molecule has 1 aliphatic heterocycles. The minimum absolute atomic E-state index is 0.00821. The van der Waals surface area contributed by atoms with E-state index in [1.807, 2.05) is 65.6 Å². The predicted octanol–water partition coefficient (Wildman–Crippen LogP) is 2.48. The second-order valence-electron chi connectivity index (χ2n) is 6.36. The van der Waals surface area contributed by atoms with Gasteiger partial charge in [0.15, 0.2) is 12.4 Å². The Labute approximate surface area is 154 Å². The lowest BCUT2D eigenvalue weighted by Crippen LogP contribution is -2.50. The maximum absolute atomic E-state index is 12.3. The van der Waals surface area contributed by atoms with Crippen molar-refractivity contribution in [2.24, 2.45) is 0 Å². The highest BCUT2D eigenvalue weighted by atomic mass is 16.5. The van der Waals surface area contributed by atoms with Crippen molar-refractivity contribution in [1.29, 1.82) is 0 Å². The highest BCUT2D eigenvalue weighted by molar-refractivity contribution is 5.96. The van der Waals surface area contributed by atoms with Crippen LogP contribution in [0.4, 0.5) is 0 Å². The molecule has 1 amide bonds. The summed E-state index contributed by atoms with van der Waals surface area (Å²) in [4.78, 5) is 28.5. The summed E-state index contributed by atoms with van der Waals surface area (Å²) in [6.07, 6.45) is 0.509. The maximum Gasteiger partial charge on any atom is 0.260 e. The van der Waals surface area contributed by atoms with E-state index in [1.54, 1.807) is 0 Å². The average Bonchev–Trinajstić information content (AvgIpc) is 2.72. The minimum atomic E-state index is 0.00821. The van der Waals surface area contributed by atoms with Gasteiger partial charge >= 0.3 is 0 Å². The first kappa shape index (κ1) is 18.1. The average molecular weight is 352 g/mol. The number of hydrogen-bond donors (Lipinski definition) is 0. The molecule has 0 aliphatic carbocycles. The van der Waals surface area contributed by atoms with Crippen LogP contribution in [0.15, 0.2) is 60.7 Å². The van der Waals surface area contributed by atoms with E-state index in [0.717, 1.165) is 25.2 Å². The van der Waals surface area contributed by atoms with Crippen LogP contribution in [0, 0.1) is 0 Å². The van der Waals surface area contributed by atoms with Crippen LogP contribution < -0.4 is 4.74 Å². The van der Waals surface area contributed by atoms with Gasteiger partial charge < -0.3 is 9.64 Å². The molecule has 136 valence electrons. The summed E-state index contributed by atoms with van der Waals surface area (Å²) in [7, 11) is 0. The maximum atomic E-state index is 12.3. The van der Waals surface area contributed by atoms with Crippen molar-refractivity contribution >= 4 is 11.7 Å². The van der Waals surface area contributed by atoms with Gasteiger partial charge in [-0.25, -0.2) is 0 Å². The molecule has 0 radical (unpaired) electrons. The summed E-state index contributed by atoms with van der Waals surface area (Å²) in [6.45, 7) is 3.73. The zero-order valence-corrected chi connectivity index (χ0v) is 14.8. The standard InChI is InChI=1S/C21H24N2O3/c24-20(18-7-3-1-4-8-18)11-12-22-13-15-23(16-14-22)21(25)17-26-19-9-5-2-6-10-19/h1-10H,11-17H2. The summed E-state index contributed by atoms with van der Waals surface area (Å²) < 4.78 is 5.53. The number of piperazine rings is 1. The van der Waals surface area contributed by atoms with E-state index >= 15 is 0 Å². The number of Topliss-reactive ketones (excluding diaryl/α,β-unsaturated/α-hetero) is 1. The number of carbonyl (C=O) groups is 2. The van der Waals surface area contributed by atoms with Crippen molar-refractivity contribution in [3.05, 3.63) is 66.2 Å². The van der Waals surface area contributed by atoms with Gasteiger partial charge in [-0.1, -0.05) is 48.5 Å². The summed E-state index contributed by atoms with van der Waals surface area (Å²) in [6, 6.07) is 18.8. The van der Waals surface area contributed by atoms with Gasteiger partial charge in [0, 0.05) is 44.7 Å². The van der Waals surface area contributed by atoms with Crippen LogP contribution in [0.2, 0.25) is 0 Å². The largest absolute Gasteiger partial charge is 0.484 e. The molecule has 2 aromatic carbocycles. The summed E-state index contributed by atoms with van der Waals surface area (Å²) in [5.41, 5.74) is 0.763. The van der Waals surface area contributed by atoms with Crippen LogP contribution in [0.3, 0.4) is 0 Å². The molecule has 5 heteroatoms. The summed E-state index contributed by atoms with van der Waals surface area (Å²) >= 11 is 0. The molecular formula is C21H24N2O3. The Morgan fingerprint density at radius 1 is 0.846 bits per heavy atom. The van der Waals surface area contributed by atoms with Crippen LogP contribution in [0.25, 0.3) is 0 Å². The van der Waals surface area contributed by atoms with E-state index < -0.39 is 0 Å². The first-order valence-electron chi connectivity index (χ1n) is 8.98. The van der Waals surface area contributed by atoms with E-state index in [0.29, 0.717) is 25.3 Å². The molecule has 2 aromatic rings. The lowest BCUT2D eigenvalue weighted by molar-refractivity contribution is -0.135. The number of ether oxygens (including phenoxy) is 1. The second-order valence-corrected chi connectivity index (χ2v) is 6.36. The Kier molecular flexibility index (Phi) is 6.39. The lowest BCUT2D eigenvalue weighted by atomic mass is 10.1. The fourth-order valence-electron chi connectivity index (χ4n) is 3.00. The number of nitrogens with zero attached hydrogens (tertiary/aromatic N) is 2. The molecule has 26 heavy (non-hydrogen) atoms. The third kappa shape index (κ3) is 5.17. The van der Waals surface area contributed by atoms with Gasteiger partial charge in [0.25, 0.3) is 5.91 Å². The summed E-state index contributed by atoms with van der Waals surface area (Å²) in [5, 5.41) is 0. The zero-order valence-electron chi connectivity index (χ0n) is 14.8. The summed E-state index contributed by atoms with van der Waals surface area (Å²) in [5.74, 6) is 0.883. The molecule has 0 saturated carbocycles. The van der Waals surface area contributed by atoms with Crippen LogP contribution in [0.1, 0.15) is 16.8 Å². The molecule has 0 N–H and O–H groups in total. The highest BCUT2D eigenvalue weighted by Crippen LogP contribution is 2.10. The number of para-hydroxylation sites is 1. The van der Waals surface area contributed by atoms with Gasteiger partial charge in [0.2, 0.25) is 0 Å². The van der Waals surface area contributed by atoms with Crippen LogP contribution in [-0.4, -0.2) is 60.8 Å². The van der Waals surface area contributed by atoms with Gasteiger partial charge in [0.1, 0.15) is 5.75 Å². The molecular weight excluding hydrogens is 328 g/mol. The van der Waals surface area contributed by atoms with E-state index in [-0.39, 0.29) is 18.3 Å². The molecule has 0 spiro atoms. The van der Waals surface area contributed by atoms with Crippen molar-refractivity contribution in [1.82, 2.24) is 9.80 Å². The molecule has 3 rings (SSSR count). The molecule has 1 aliphatic rings. The van der Waals surface area contributed by atoms with Crippen molar-refractivity contribution in [2.75, 3.05) is 39.3 Å². The zero-order chi connectivity index (χ0) is 18.2. The Hall–Kier alpha value is -2.66. The fourth-order valence-corrected chi connectivity index (χ4v) is 3.00. The minimum Gasteiger partial charge on any atom is -0.484 e. The fraction of sp³-hybridized carbons (Fsp3) is 0.333.